The third kappa shape index (κ3) is 3.73. The molecule has 0 saturated heterocycles. The predicted octanol–water partition coefficient (Wildman–Crippen LogP) is 3.45. The number of ketones is 4. The van der Waals surface area contributed by atoms with Crippen molar-refractivity contribution in [3.05, 3.63) is 11.1 Å². The fourth-order valence-electron chi connectivity index (χ4n) is 8.97. The van der Waals surface area contributed by atoms with Crippen LogP contribution in [0, 0.1) is 39.4 Å². The largest absolute Gasteiger partial charge is 0.481 e. The first-order valence-electron chi connectivity index (χ1n) is 13.7. The summed E-state index contributed by atoms with van der Waals surface area (Å²) in [5, 5.41) is 32.4. The Morgan fingerprint density at radius 3 is 2.26 bits per heavy atom. The van der Waals surface area contributed by atoms with Crippen molar-refractivity contribution in [1.29, 1.82) is 0 Å². The normalized spacial score (nSPS) is 40.7. The Kier molecular flexibility index (Phi) is 6.56. The minimum Gasteiger partial charge on any atom is -0.481 e. The maximum absolute atomic E-state index is 14.1. The summed E-state index contributed by atoms with van der Waals surface area (Å²) in [7, 11) is 0. The first-order valence-corrected chi connectivity index (χ1v) is 13.7. The first kappa shape index (κ1) is 28.8. The summed E-state index contributed by atoms with van der Waals surface area (Å²) in [6.45, 7) is 12.2. The Morgan fingerprint density at radius 2 is 1.68 bits per heavy atom. The summed E-state index contributed by atoms with van der Waals surface area (Å²) in [6.07, 6.45) is -0.624. The van der Waals surface area contributed by atoms with Crippen molar-refractivity contribution in [2.45, 2.75) is 105 Å². The average Bonchev–Trinajstić information content (AvgIpc) is 2.99. The van der Waals surface area contributed by atoms with Gasteiger partial charge in [-0.1, -0.05) is 34.6 Å². The minimum atomic E-state index is -1.65. The molecule has 8 heteroatoms. The van der Waals surface area contributed by atoms with Gasteiger partial charge in [-0.15, -0.1) is 0 Å². The molecule has 0 amide bonds. The number of carboxylic acid groups (broad SMARTS) is 1. The molecule has 4 aliphatic carbocycles. The number of hydrogen-bond donors (Lipinski definition) is 3. The zero-order chi connectivity index (χ0) is 28.8. The number of Topliss-reactive ketones (excluding diaryl/α,β-unsaturated/α-hetero) is 4. The van der Waals surface area contributed by atoms with Gasteiger partial charge in [0.1, 0.15) is 17.3 Å². The van der Waals surface area contributed by atoms with E-state index in [1.165, 1.54) is 13.8 Å². The number of aliphatic hydroxyl groups excluding tert-OH is 1. The summed E-state index contributed by atoms with van der Waals surface area (Å²) in [6, 6.07) is 0. The molecule has 0 unspecified atom stereocenters. The first-order chi connectivity index (χ1) is 17.2. The number of aliphatic hydroxyl groups is 2. The zero-order valence-corrected chi connectivity index (χ0v) is 23.6. The van der Waals surface area contributed by atoms with Gasteiger partial charge in [-0.2, -0.15) is 0 Å². The molecule has 4 aliphatic rings. The van der Waals surface area contributed by atoms with Crippen molar-refractivity contribution in [1.82, 2.24) is 0 Å². The van der Waals surface area contributed by atoms with Crippen LogP contribution < -0.4 is 0 Å². The van der Waals surface area contributed by atoms with Gasteiger partial charge in [-0.3, -0.25) is 24.0 Å². The van der Waals surface area contributed by atoms with Crippen molar-refractivity contribution in [3.8, 4) is 0 Å². The fraction of sp³-hybridized carbons (Fsp3) is 0.767. The predicted molar refractivity (Wildman–Crippen MR) is 138 cm³/mol. The topological polar surface area (TPSA) is 146 Å². The molecule has 0 heterocycles. The molecule has 0 radical (unpaired) electrons. The number of carbonyl (C=O) groups is 5. The van der Waals surface area contributed by atoms with Gasteiger partial charge in [0.25, 0.3) is 0 Å². The third-order valence-corrected chi connectivity index (χ3v) is 11.3. The van der Waals surface area contributed by atoms with Crippen molar-refractivity contribution >= 4 is 29.1 Å². The molecule has 0 bridgehead atoms. The number of aliphatic carboxylic acids is 1. The van der Waals surface area contributed by atoms with Gasteiger partial charge < -0.3 is 15.3 Å². The third-order valence-electron chi connectivity index (χ3n) is 11.3. The van der Waals surface area contributed by atoms with Crippen LogP contribution in [0.15, 0.2) is 11.1 Å². The van der Waals surface area contributed by atoms with Gasteiger partial charge in [0.2, 0.25) is 0 Å². The van der Waals surface area contributed by atoms with Crippen molar-refractivity contribution in [3.63, 3.8) is 0 Å². The molecule has 3 N–H and O–H groups in total. The van der Waals surface area contributed by atoms with Crippen molar-refractivity contribution in [2.24, 2.45) is 39.4 Å². The number of rotatable bonds is 6. The molecule has 4 rings (SSSR count). The van der Waals surface area contributed by atoms with Gasteiger partial charge in [-0.05, 0) is 43.6 Å². The van der Waals surface area contributed by atoms with Crippen LogP contribution in [-0.4, -0.2) is 56.1 Å². The lowest BCUT2D eigenvalue weighted by molar-refractivity contribution is -0.150. The Labute approximate surface area is 224 Å². The molecular formula is C30H42O8. The van der Waals surface area contributed by atoms with Crippen LogP contribution in [0.4, 0.5) is 0 Å². The van der Waals surface area contributed by atoms with Gasteiger partial charge >= 0.3 is 5.97 Å². The van der Waals surface area contributed by atoms with E-state index in [9.17, 15) is 39.3 Å². The van der Waals surface area contributed by atoms with E-state index in [0.29, 0.717) is 24.0 Å². The number of allylic oxidation sites excluding steroid dienone is 1. The highest BCUT2D eigenvalue weighted by molar-refractivity contribution is 6.05. The van der Waals surface area contributed by atoms with E-state index in [-0.39, 0.29) is 55.4 Å². The van der Waals surface area contributed by atoms with Gasteiger partial charge in [-0.25, -0.2) is 0 Å². The highest BCUT2D eigenvalue weighted by Gasteiger charge is 2.71. The number of carbonyl (C=O) groups excluding carboxylic acids is 4. The molecule has 0 aliphatic heterocycles. The van der Waals surface area contributed by atoms with E-state index >= 15 is 0 Å². The number of fused-ring (bicyclic) bond motifs is 4. The minimum absolute atomic E-state index is 0.0159. The smallest absolute Gasteiger partial charge is 0.306 e. The molecule has 0 aromatic rings. The summed E-state index contributed by atoms with van der Waals surface area (Å²) in [5.74, 6) is -3.63. The second kappa shape index (κ2) is 8.65. The van der Waals surface area contributed by atoms with Crippen molar-refractivity contribution < 1.29 is 39.3 Å². The second-order valence-corrected chi connectivity index (χ2v) is 14.0. The molecule has 8 nitrogen and oxygen atoms in total. The lowest BCUT2D eigenvalue weighted by Gasteiger charge is -2.60. The fourth-order valence-corrected chi connectivity index (χ4v) is 8.97. The molecule has 38 heavy (non-hydrogen) atoms. The van der Waals surface area contributed by atoms with Crippen LogP contribution >= 0.6 is 0 Å². The lowest BCUT2D eigenvalue weighted by Crippen LogP contribution is -2.60. The Bertz CT molecular complexity index is 1160. The second-order valence-electron chi connectivity index (χ2n) is 14.0. The SMILES string of the molecule is C[C@@H](CC(=O)C[C@](C)(O)[C@H]1CC(=O)[C@@]2(C)C3=C(C(=O)C[C@]12C)[C@@]1(C)CCC(=O)C(C)(C)[C@@H]1C[C@@H]3O)C(=O)O. The molecule has 0 aromatic carbocycles. The summed E-state index contributed by atoms with van der Waals surface area (Å²) in [5.41, 5.74) is -4.36. The molecule has 8 atom stereocenters. The Balaban J connectivity index is 1.79. The van der Waals surface area contributed by atoms with Crippen LogP contribution in [0.1, 0.15) is 93.4 Å². The molecular weight excluding hydrogens is 488 g/mol. The van der Waals surface area contributed by atoms with Crippen LogP contribution in [0.25, 0.3) is 0 Å². The molecule has 0 aromatic heterocycles. The van der Waals surface area contributed by atoms with E-state index in [1.54, 1.807) is 13.8 Å². The highest BCUT2D eigenvalue weighted by Crippen LogP contribution is 2.70. The standard InChI is InChI=1S/C30H42O8/c1-15(25(36)37)10-16(31)13-29(6,38)20-12-22(35)30(7)24-17(32)11-19-26(2,3)21(34)8-9-27(19,4)23(24)18(33)14-28(20,30)5/h15,17,19-20,32,38H,8-14H2,1-7H3,(H,36,37)/t15-,17-,19-,20-,27-,28+,29-,30-/m0/s1. The molecule has 210 valence electrons. The van der Waals surface area contributed by atoms with E-state index in [0.717, 1.165) is 0 Å². The highest BCUT2D eigenvalue weighted by atomic mass is 16.4. The van der Waals surface area contributed by atoms with Gasteiger partial charge in [0.05, 0.1) is 23.0 Å². The van der Waals surface area contributed by atoms with Crippen LogP contribution in [0.3, 0.4) is 0 Å². The average molecular weight is 531 g/mol. The van der Waals surface area contributed by atoms with Crippen LogP contribution in [0.2, 0.25) is 0 Å². The molecule has 2 saturated carbocycles. The summed E-state index contributed by atoms with van der Waals surface area (Å²) >= 11 is 0. The quantitative estimate of drug-likeness (QED) is 0.473. The van der Waals surface area contributed by atoms with Gasteiger partial charge in [0.15, 0.2) is 5.78 Å². The maximum atomic E-state index is 14.1. The molecule has 2 fully saturated rings. The van der Waals surface area contributed by atoms with E-state index in [2.05, 4.69) is 0 Å². The summed E-state index contributed by atoms with van der Waals surface area (Å²) in [4.78, 5) is 64.8. The number of hydrogen-bond acceptors (Lipinski definition) is 7. The van der Waals surface area contributed by atoms with Crippen molar-refractivity contribution in [2.75, 3.05) is 0 Å². The number of carboxylic acids is 1. The van der Waals surface area contributed by atoms with E-state index in [1.807, 2.05) is 20.8 Å². The van der Waals surface area contributed by atoms with Gasteiger partial charge in [0, 0.05) is 54.4 Å². The maximum Gasteiger partial charge on any atom is 0.306 e. The monoisotopic (exact) mass is 530 g/mol. The molecule has 0 spiro atoms. The van der Waals surface area contributed by atoms with Crippen LogP contribution in [-0.2, 0) is 24.0 Å². The Morgan fingerprint density at radius 1 is 1.08 bits per heavy atom. The Hall–Kier alpha value is -2.19. The van der Waals surface area contributed by atoms with E-state index < -0.39 is 57.0 Å². The summed E-state index contributed by atoms with van der Waals surface area (Å²) < 4.78 is 0. The lowest BCUT2D eigenvalue weighted by atomic mass is 9.42. The zero-order valence-electron chi connectivity index (χ0n) is 23.6. The van der Waals surface area contributed by atoms with Crippen LogP contribution in [0.5, 0.6) is 0 Å². The van der Waals surface area contributed by atoms with E-state index in [4.69, 9.17) is 0 Å².